The first-order valence-corrected chi connectivity index (χ1v) is 50.2. The fourth-order valence-electron chi connectivity index (χ4n) is 19.2. The summed E-state index contributed by atoms with van der Waals surface area (Å²) in [6.07, 6.45) is 0. The van der Waals surface area contributed by atoms with Crippen molar-refractivity contribution in [3.8, 4) is 72.4 Å². The van der Waals surface area contributed by atoms with Crippen LogP contribution in [0, 0.1) is 0 Å². The van der Waals surface area contributed by atoms with Crippen LogP contribution in [0.5, 0.6) is 0 Å². The molecule has 0 aliphatic carbocycles. The molecule has 0 radical (unpaired) electrons. The van der Waals surface area contributed by atoms with E-state index in [4.69, 9.17) is 0 Å². The number of hydrogen-bond donors (Lipinski definition) is 0. The maximum Gasteiger partial charge on any atom is 0.252 e. The third kappa shape index (κ3) is 19.0. The van der Waals surface area contributed by atoms with Gasteiger partial charge in [0.15, 0.2) is 0 Å². The Balaban J connectivity index is 1.33. The number of nitrogens with zero attached hydrogens (tertiary/aromatic N) is 3. The van der Waals surface area contributed by atoms with Gasteiger partial charge in [0.05, 0.1) is 47.1 Å². The van der Waals surface area contributed by atoms with Crippen molar-refractivity contribution in [2.45, 2.75) is 367 Å². The molecule has 0 atom stereocenters. The molecule has 13 aromatic carbocycles. The summed E-state index contributed by atoms with van der Waals surface area (Å²) < 4.78 is 203. The Morgan fingerprint density at radius 3 is 0.877 bits per heavy atom. The highest BCUT2D eigenvalue weighted by Gasteiger charge is 2.48. The Hall–Kier alpha value is -10.7. The van der Waals surface area contributed by atoms with Gasteiger partial charge in [-0.05, 0) is 293 Å². The molecule has 3 nitrogen and oxygen atoms in total. The zero-order chi connectivity index (χ0) is 117. The third-order valence-corrected chi connectivity index (χ3v) is 28.1. The lowest BCUT2D eigenvalue weighted by atomic mass is 9.33. The molecule has 138 heavy (non-hydrogen) atoms. The van der Waals surface area contributed by atoms with Crippen molar-refractivity contribution >= 4 is 79.0 Å². The molecule has 0 fully saturated rings. The second kappa shape index (κ2) is 33.5. The van der Waals surface area contributed by atoms with E-state index in [-0.39, 0.29) is 196 Å². The molecular formula is C134H164BN3. The van der Waals surface area contributed by atoms with Crippen molar-refractivity contribution in [3.05, 3.63) is 308 Å². The summed E-state index contributed by atoms with van der Waals surface area (Å²) in [6.45, 7) is 84.4. The molecule has 0 N–H and O–H groups in total. The zero-order valence-corrected chi connectivity index (χ0v) is 91.5. The Bertz CT molecular complexity index is 8050. The Kier molecular flexibility index (Phi) is 19.2. The maximum atomic E-state index is 12.2. The van der Waals surface area contributed by atoms with Crippen LogP contribution in [0.25, 0.3) is 94.3 Å². The van der Waals surface area contributed by atoms with E-state index < -0.39 is 95.9 Å². The van der Waals surface area contributed by atoms with Crippen molar-refractivity contribution in [1.29, 1.82) is 0 Å². The van der Waals surface area contributed by atoms with Crippen LogP contribution in [0.15, 0.2) is 230 Å². The first kappa shape index (κ1) is 79.0. The van der Waals surface area contributed by atoms with Crippen molar-refractivity contribution < 1.29 is 24.7 Å². The van der Waals surface area contributed by atoms with Gasteiger partial charge in [0.2, 0.25) is 0 Å². The number of anilines is 6. The summed E-state index contributed by atoms with van der Waals surface area (Å²) in [4.78, 5) is 4.11. The fourth-order valence-corrected chi connectivity index (χ4v) is 19.2. The lowest BCUT2D eigenvalue weighted by Gasteiger charge is -2.46. The summed E-state index contributed by atoms with van der Waals surface area (Å²) in [5, 5.41) is 1.97. The molecule has 718 valence electrons. The second-order valence-corrected chi connectivity index (χ2v) is 54.4. The van der Waals surface area contributed by atoms with Gasteiger partial charge in [0, 0.05) is 61.5 Å². The van der Waals surface area contributed by atoms with Gasteiger partial charge in [-0.3, -0.25) is 0 Å². The van der Waals surface area contributed by atoms with Crippen LogP contribution in [0.1, 0.15) is 393 Å². The van der Waals surface area contributed by atoms with Gasteiger partial charge >= 0.3 is 0 Å². The third-order valence-electron chi connectivity index (χ3n) is 28.1. The van der Waals surface area contributed by atoms with E-state index in [1.807, 2.05) is 171 Å². The molecule has 14 aromatic rings. The summed E-state index contributed by atoms with van der Waals surface area (Å²) in [5.74, 6) is 0. The number of rotatable bonds is 9. The van der Waals surface area contributed by atoms with E-state index in [9.17, 15) is 24.7 Å². The number of hydrogen-bond acceptors (Lipinski definition) is 2. The highest BCUT2D eigenvalue weighted by Crippen LogP contribution is 2.59. The van der Waals surface area contributed by atoms with Gasteiger partial charge in [-0.25, -0.2) is 0 Å². The molecule has 2 aliphatic heterocycles. The molecule has 1 aromatic heterocycles. The molecule has 0 unspecified atom stereocenters. The molecule has 4 heteroatoms. The van der Waals surface area contributed by atoms with Crippen LogP contribution in [-0.4, -0.2) is 11.3 Å². The van der Waals surface area contributed by atoms with Gasteiger partial charge in [0.1, 0.15) is 0 Å². The molecular weight excluding hydrogens is 1660 g/mol. The number of aromatic nitrogens is 1. The van der Waals surface area contributed by atoms with E-state index in [2.05, 4.69) is 255 Å². The standard InChI is InChI=1S/C134H164BN3/c1-121(2,3)88-51-46-81(47-52-88)101-76-98(131(31,32)33)78-103(87-66-96(129(25,26)27)73-97(67-87)130(28,29)30)119(101)137-113-68-83(84-62-92(125(13,14)15)71-93(63-84)126(16,17)18)50-58-109(113)135-110-59-57-100(136-111-60-55-90(123(7,8)9)74-104(111)105-75-91(124(10,11)12)56-61-112(105)136)80-114(110)138(116-70-86(69-115(137)118(116)135)85-64-94(127(19,20)21)72-95(65-85)128(22,23)24)120-102(82-48-53-89(54-49-82)122(4,5)6)77-99(132(34,35)36)79-106(120)117-107(133(37,38)39)44-43-45-108(117)134(40,41)42/h43-80H,1-42H3/i43D,44D,45D,46D,47D,48D,49D,51D,52D,53D,54D,66D,67D,73D,76D,77D,78D,79D. The largest absolute Gasteiger partial charge is 0.310 e. The van der Waals surface area contributed by atoms with Crippen LogP contribution in [-0.2, 0) is 75.8 Å². The van der Waals surface area contributed by atoms with Gasteiger partial charge in [-0.15, -0.1) is 0 Å². The van der Waals surface area contributed by atoms with Gasteiger partial charge in [0.25, 0.3) is 6.71 Å². The lowest BCUT2D eigenvalue weighted by Crippen LogP contribution is -2.61. The lowest BCUT2D eigenvalue weighted by molar-refractivity contribution is 0.568. The normalized spacial score (nSPS) is 15.9. The minimum absolute atomic E-state index is 0.00391. The average Bonchev–Trinajstić information content (AvgIpc) is 0.681. The Morgan fingerprint density at radius 1 is 0.217 bits per heavy atom. The van der Waals surface area contributed by atoms with Crippen molar-refractivity contribution in [3.63, 3.8) is 0 Å². The summed E-state index contributed by atoms with van der Waals surface area (Å²) in [7, 11) is 0. The predicted molar refractivity (Wildman–Crippen MR) is 609 cm³/mol. The van der Waals surface area contributed by atoms with Gasteiger partial charge in [-0.2, -0.15) is 0 Å². The van der Waals surface area contributed by atoms with Crippen LogP contribution in [0.4, 0.5) is 34.1 Å². The number of fused-ring (bicyclic) bond motifs is 7. The smallest absolute Gasteiger partial charge is 0.252 e. The van der Waals surface area contributed by atoms with Gasteiger partial charge in [-0.1, -0.05) is 442 Å². The van der Waals surface area contributed by atoms with E-state index >= 15 is 0 Å². The molecule has 0 bridgehead atoms. The molecule has 0 amide bonds. The summed E-state index contributed by atoms with van der Waals surface area (Å²) >= 11 is 0. The van der Waals surface area contributed by atoms with Crippen molar-refractivity contribution in [2.24, 2.45) is 0 Å². The molecule has 3 heterocycles. The molecule has 0 saturated carbocycles. The van der Waals surface area contributed by atoms with Crippen molar-refractivity contribution in [2.75, 3.05) is 9.80 Å². The van der Waals surface area contributed by atoms with Crippen molar-refractivity contribution in [1.82, 2.24) is 4.57 Å². The molecule has 2 aliphatic rings. The highest BCUT2D eigenvalue weighted by molar-refractivity contribution is 7.00. The maximum absolute atomic E-state index is 12.2. The first-order valence-electron chi connectivity index (χ1n) is 59.2. The predicted octanol–water partition coefficient (Wildman–Crippen LogP) is 37.0. The topological polar surface area (TPSA) is 11.4 Å². The summed E-state index contributed by atoms with van der Waals surface area (Å²) in [5.41, 5.74) is 3.75. The van der Waals surface area contributed by atoms with E-state index in [0.29, 0.717) is 61.5 Å². The quantitative estimate of drug-likeness (QED) is 0.133. The van der Waals surface area contributed by atoms with Crippen LogP contribution in [0.2, 0.25) is 0 Å². The SMILES string of the molecule is [2H]c1c([2H])c(C(C)(C)C)c(-c2c([2H])c(C(C)(C)C)c([2H])c(-c3c([2H])c([2H])c(C(C)(C)C)c([2H])c3[2H])c2N2c3cc(-n4c5ccc(C(C)(C)C)cc5c5cc(C(C)(C)C)ccc54)ccc3B3c4ccc(-c5cc(C(C)(C)C)cc(C(C)(C)C)c5)cc4N(c4c(-c5c([2H])c([2H])c(C(C)(C)C)c([2H])c5[2H])c([2H])c(C(C)(C)C)c([2H])c4-c4c([2H])c(C(C)(C)C)c([2H])c(C(C)(C)C)c4[2H])c4cc(-c5cc(C(C)(C)C)cc(C(C)(C)C)c5)cc2c43)c(C(C)(C)C)c1[2H]. The summed E-state index contributed by atoms with van der Waals surface area (Å²) in [6, 6.07) is 37.9. The van der Waals surface area contributed by atoms with Crippen LogP contribution in [0.3, 0.4) is 0 Å². The fraction of sp³-hybridized carbons (Fsp3) is 0.418. The second-order valence-electron chi connectivity index (χ2n) is 54.4. The Morgan fingerprint density at radius 2 is 0.522 bits per heavy atom. The molecule has 16 rings (SSSR count). The van der Waals surface area contributed by atoms with E-state index in [0.717, 1.165) is 60.8 Å². The van der Waals surface area contributed by atoms with E-state index in [1.54, 1.807) is 0 Å². The van der Waals surface area contributed by atoms with E-state index in [1.165, 1.54) is 0 Å². The first-order chi connectivity index (χ1) is 70.8. The molecule has 0 spiro atoms. The molecule has 0 saturated heterocycles. The highest BCUT2D eigenvalue weighted by atomic mass is 15.2. The average molecular weight is 1850 g/mol. The van der Waals surface area contributed by atoms with Crippen LogP contribution < -0.4 is 26.2 Å². The Labute approximate surface area is 860 Å². The minimum Gasteiger partial charge on any atom is -0.310 e. The van der Waals surface area contributed by atoms with Gasteiger partial charge < -0.3 is 14.4 Å². The number of benzene rings is 13. The van der Waals surface area contributed by atoms with Crippen LogP contribution >= 0.6 is 0 Å². The zero-order valence-electron chi connectivity index (χ0n) is 109. The monoisotopic (exact) mass is 1840 g/mol. The minimum atomic E-state index is -1.23.